The highest BCUT2D eigenvalue weighted by molar-refractivity contribution is 6.08. The van der Waals surface area contributed by atoms with E-state index < -0.39 is 0 Å². The van der Waals surface area contributed by atoms with Crippen LogP contribution in [0.15, 0.2) is 133 Å². The second-order valence-electron chi connectivity index (χ2n) is 9.28. The van der Waals surface area contributed by atoms with Crippen LogP contribution < -0.4 is 21.3 Å². The fraction of sp³-hybridized carbons (Fsp3) is 0. The van der Waals surface area contributed by atoms with E-state index >= 15 is 0 Å². The number of anilines is 4. The Morgan fingerprint density at radius 1 is 0.286 bits per heavy atom. The van der Waals surface area contributed by atoms with Crippen LogP contribution in [0.1, 0.15) is 41.4 Å². The molecule has 42 heavy (non-hydrogen) atoms. The van der Waals surface area contributed by atoms with Crippen LogP contribution in [0.4, 0.5) is 22.7 Å². The maximum absolute atomic E-state index is 12.7. The summed E-state index contributed by atoms with van der Waals surface area (Å²) in [5.41, 5.74) is 4.18. The summed E-state index contributed by atoms with van der Waals surface area (Å²) in [7, 11) is 0. The molecule has 206 valence electrons. The second-order valence-corrected chi connectivity index (χ2v) is 9.28. The van der Waals surface area contributed by atoms with Crippen LogP contribution in [0.2, 0.25) is 0 Å². The van der Waals surface area contributed by atoms with Crippen LogP contribution in [-0.2, 0) is 0 Å². The molecule has 0 atom stereocenters. The van der Waals surface area contributed by atoms with Crippen molar-refractivity contribution in [2.45, 2.75) is 0 Å². The minimum atomic E-state index is -0.337. The van der Waals surface area contributed by atoms with E-state index in [0.29, 0.717) is 45.0 Å². The van der Waals surface area contributed by atoms with Gasteiger partial charge in [0.15, 0.2) is 0 Å². The summed E-state index contributed by atoms with van der Waals surface area (Å²) >= 11 is 0. The van der Waals surface area contributed by atoms with E-state index in [4.69, 9.17) is 0 Å². The molecule has 0 spiro atoms. The molecule has 0 aromatic heterocycles. The standard InChI is InChI=1S/C34H26N4O4/c39-31(23-7-3-1-4-8-23)35-27-15-19-29(20-16-27)37-33(41)25-11-13-26(14-12-25)34(42)38-30-21-17-28(18-22-30)36-32(40)24-9-5-2-6-10-24/h1-22H,(H,35,39)(H,36,40)(H,37,41)(H,38,42). The maximum Gasteiger partial charge on any atom is 0.255 e. The average Bonchev–Trinajstić information content (AvgIpc) is 3.03. The highest BCUT2D eigenvalue weighted by Crippen LogP contribution is 2.18. The number of carbonyl (C=O) groups is 4. The van der Waals surface area contributed by atoms with E-state index in [0.717, 1.165) is 0 Å². The first-order valence-corrected chi connectivity index (χ1v) is 13.1. The molecule has 0 heterocycles. The van der Waals surface area contributed by atoms with Crippen molar-refractivity contribution in [3.8, 4) is 0 Å². The highest BCUT2D eigenvalue weighted by atomic mass is 16.2. The van der Waals surface area contributed by atoms with Crippen molar-refractivity contribution in [1.29, 1.82) is 0 Å². The lowest BCUT2D eigenvalue weighted by molar-refractivity contribution is 0.101. The zero-order chi connectivity index (χ0) is 29.3. The minimum Gasteiger partial charge on any atom is -0.322 e. The van der Waals surface area contributed by atoms with Gasteiger partial charge in [0.2, 0.25) is 0 Å². The molecule has 0 saturated heterocycles. The Bertz CT molecular complexity index is 1570. The number of rotatable bonds is 8. The lowest BCUT2D eigenvalue weighted by Gasteiger charge is -2.10. The molecule has 4 N–H and O–H groups in total. The van der Waals surface area contributed by atoms with Crippen molar-refractivity contribution in [3.05, 3.63) is 156 Å². The number of hydrogen-bond acceptors (Lipinski definition) is 4. The van der Waals surface area contributed by atoms with Crippen molar-refractivity contribution < 1.29 is 19.2 Å². The number of nitrogens with one attached hydrogen (secondary N) is 4. The molecule has 0 bridgehead atoms. The van der Waals surface area contributed by atoms with E-state index in [1.807, 2.05) is 12.1 Å². The molecule has 0 aliphatic rings. The van der Waals surface area contributed by atoms with Crippen LogP contribution in [0.25, 0.3) is 0 Å². The molecule has 4 amide bonds. The van der Waals surface area contributed by atoms with E-state index in [1.54, 1.807) is 121 Å². The first-order chi connectivity index (χ1) is 20.4. The summed E-state index contributed by atoms with van der Waals surface area (Å²) in [6.45, 7) is 0. The molecule has 0 radical (unpaired) electrons. The van der Waals surface area contributed by atoms with Crippen molar-refractivity contribution >= 4 is 46.4 Å². The molecule has 0 aliphatic carbocycles. The fourth-order valence-corrected chi connectivity index (χ4v) is 4.04. The zero-order valence-electron chi connectivity index (χ0n) is 22.3. The van der Waals surface area contributed by atoms with Gasteiger partial charge in [-0.25, -0.2) is 0 Å². The topological polar surface area (TPSA) is 116 Å². The predicted octanol–water partition coefficient (Wildman–Crippen LogP) is 6.70. The molecule has 5 aromatic carbocycles. The molecule has 0 aliphatic heterocycles. The largest absolute Gasteiger partial charge is 0.322 e. The lowest BCUT2D eigenvalue weighted by atomic mass is 10.1. The SMILES string of the molecule is O=C(Nc1ccc(NC(=O)c2ccc(C(=O)Nc3ccc(NC(=O)c4ccccc4)cc3)cc2)cc1)c1ccccc1. The monoisotopic (exact) mass is 554 g/mol. The van der Waals surface area contributed by atoms with Gasteiger partial charge in [0.25, 0.3) is 23.6 Å². The van der Waals surface area contributed by atoms with Gasteiger partial charge in [-0.15, -0.1) is 0 Å². The Morgan fingerprint density at radius 2 is 0.500 bits per heavy atom. The summed E-state index contributed by atoms with van der Waals surface area (Å²) in [5, 5.41) is 11.2. The van der Waals surface area contributed by atoms with Gasteiger partial charge >= 0.3 is 0 Å². The first-order valence-electron chi connectivity index (χ1n) is 13.1. The van der Waals surface area contributed by atoms with E-state index in [1.165, 1.54) is 0 Å². The van der Waals surface area contributed by atoms with Gasteiger partial charge in [-0.1, -0.05) is 36.4 Å². The summed E-state index contributed by atoms with van der Waals surface area (Å²) in [5.74, 6) is -1.12. The molecule has 8 nitrogen and oxygen atoms in total. The van der Waals surface area contributed by atoms with Gasteiger partial charge in [-0.3, -0.25) is 19.2 Å². The molecule has 0 saturated carbocycles. The van der Waals surface area contributed by atoms with Gasteiger partial charge in [-0.2, -0.15) is 0 Å². The fourth-order valence-electron chi connectivity index (χ4n) is 4.04. The van der Waals surface area contributed by atoms with Crippen molar-refractivity contribution in [2.24, 2.45) is 0 Å². The summed E-state index contributed by atoms with van der Waals surface area (Å²) in [4.78, 5) is 50.1. The van der Waals surface area contributed by atoms with Gasteiger partial charge in [0.1, 0.15) is 0 Å². The molecular weight excluding hydrogens is 528 g/mol. The molecule has 5 rings (SSSR count). The third-order valence-corrected chi connectivity index (χ3v) is 6.28. The third-order valence-electron chi connectivity index (χ3n) is 6.28. The Balaban J connectivity index is 1.12. The molecule has 5 aromatic rings. The minimum absolute atomic E-state index is 0.221. The average molecular weight is 555 g/mol. The number of hydrogen-bond donors (Lipinski definition) is 4. The predicted molar refractivity (Wildman–Crippen MR) is 164 cm³/mol. The summed E-state index contributed by atoms with van der Waals surface area (Å²) < 4.78 is 0. The molecule has 0 fully saturated rings. The first kappa shape index (κ1) is 27.5. The number of amides is 4. The van der Waals surface area contributed by atoms with E-state index in [9.17, 15) is 19.2 Å². The number of carbonyl (C=O) groups excluding carboxylic acids is 4. The Morgan fingerprint density at radius 3 is 0.738 bits per heavy atom. The van der Waals surface area contributed by atoms with Crippen molar-refractivity contribution in [1.82, 2.24) is 0 Å². The Labute approximate surface area is 242 Å². The van der Waals surface area contributed by atoms with Crippen LogP contribution in [0.3, 0.4) is 0 Å². The Kier molecular flexibility index (Phi) is 8.45. The normalized spacial score (nSPS) is 10.3. The van der Waals surface area contributed by atoms with Crippen molar-refractivity contribution in [2.75, 3.05) is 21.3 Å². The Hall–Kier alpha value is -6.02. The quantitative estimate of drug-likeness (QED) is 0.171. The summed E-state index contributed by atoms with van der Waals surface area (Å²) in [6, 6.07) is 37.6. The lowest BCUT2D eigenvalue weighted by Crippen LogP contribution is -2.15. The van der Waals surface area contributed by atoms with Gasteiger partial charge in [0, 0.05) is 45.0 Å². The maximum atomic E-state index is 12.7. The van der Waals surface area contributed by atoms with Gasteiger partial charge in [0.05, 0.1) is 0 Å². The zero-order valence-corrected chi connectivity index (χ0v) is 22.3. The van der Waals surface area contributed by atoms with Crippen LogP contribution >= 0.6 is 0 Å². The third kappa shape index (κ3) is 7.13. The van der Waals surface area contributed by atoms with Crippen LogP contribution in [-0.4, -0.2) is 23.6 Å². The summed E-state index contributed by atoms with van der Waals surface area (Å²) in [6.07, 6.45) is 0. The van der Waals surface area contributed by atoms with Gasteiger partial charge in [-0.05, 0) is 97.1 Å². The van der Waals surface area contributed by atoms with E-state index in [-0.39, 0.29) is 23.6 Å². The molecule has 0 unspecified atom stereocenters. The van der Waals surface area contributed by atoms with E-state index in [2.05, 4.69) is 21.3 Å². The second kappa shape index (κ2) is 12.9. The van der Waals surface area contributed by atoms with Gasteiger partial charge < -0.3 is 21.3 Å². The highest BCUT2D eigenvalue weighted by Gasteiger charge is 2.11. The molecular formula is C34H26N4O4. The molecule has 8 heteroatoms. The number of benzene rings is 5. The van der Waals surface area contributed by atoms with Crippen LogP contribution in [0.5, 0.6) is 0 Å². The van der Waals surface area contributed by atoms with Crippen LogP contribution in [0, 0.1) is 0 Å². The smallest absolute Gasteiger partial charge is 0.255 e. The van der Waals surface area contributed by atoms with Crippen molar-refractivity contribution in [3.63, 3.8) is 0 Å².